The molecule has 0 fully saturated rings. The molecule has 0 spiro atoms. The van der Waals surface area contributed by atoms with Crippen LogP contribution in [0, 0.1) is 0 Å². The van der Waals surface area contributed by atoms with Gasteiger partial charge in [0.1, 0.15) is 5.00 Å². The maximum Gasteiger partial charge on any atom is 0.111 e. The van der Waals surface area contributed by atoms with Crippen LogP contribution in [0.2, 0.25) is 0 Å². The quantitative estimate of drug-likeness (QED) is 0.159. The Balaban J connectivity index is 1.45. The molecule has 9 aromatic rings. The first-order chi connectivity index (χ1) is 25.3. The Morgan fingerprint density at radius 2 is 0.745 bits per heavy atom. The second-order valence-electron chi connectivity index (χ2n) is 12.5. The van der Waals surface area contributed by atoms with Gasteiger partial charge in [0.25, 0.3) is 0 Å². The van der Waals surface area contributed by atoms with Crippen LogP contribution in [0.15, 0.2) is 206 Å². The van der Waals surface area contributed by atoms with Crippen LogP contribution in [0.3, 0.4) is 0 Å². The second kappa shape index (κ2) is 13.5. The summed E-state index contributed by atoms with van der Waals surface area (Å²) in [5, 5.41) is 5.96. The zero-order valence-electron chi connectivity index (χ0n) is 27.9. The number of hydrogen-bond donors (Lipinski definition) is 0. The number of thiophene rings is 1. The molecule has 3 heteroatoms. The van der Waals surface area contributed by atoms with Crippen LogP contribution in [0.5, 0.6) is 0 Å². The third-order valence-electron chi connectivity index (χ3n) is 9.43. The van der Waals surface area contributed by atoms with Crippen molar-refractivity contribution in [3.8, 4) is 21.6 Å². The summed E-state index contributed by atoms with van der Waals surface area (Å²) in [5.41, 5.74) is 9.13. The molecule has 0 N–H and O–H groups in total. The molecular weight excluding hydrogens is 637 g/mol. The van der Waals surface area contributed by atoms with E-state index in [1.807, 2.05) is 11.3 Å². The standard InChI is InChI=1S/C48H34N2S/c1-5-21-37(22-6-1)45-46(49(39-27-9-3-10-28-39)43-33-17-25-35-19-13-15-31-41(35)43)47(38-23-7-2-8-24-38)51-48(45)50(40-29-11-4-12-30-40)44-34-18-26-36-20-14-16-32-42(36)44/h1-34H. The number of hydrogen-bond acceptors (Lipinski definition) is 3. The van der Waals surface area contributed by atoms with Gasteiger partial charge in [0.15, 0.2) is 0 Å². The molecule has 0 atom stereocenters. The molecule has 51 heavy (non-hydrogen) atoms. The van der Waals surface area contributed by atoms with Gasteiger partial charge in [-0.3, -0.25) is 0 Å². The Hall–Kier alpha value is -6.42. The molecule has 0 aliphatic carbocycles. The number of nitrogens with zero attached hydrogens (tertiary/aromatic N) is 2. The first-order valence-corrected chi connectivity index (χ1v) is 18.1. The highest BCUT2D eigenvalue weighted by molar-refractivity contribution is 7.21. The third-order valence-corrected chi connectivity index (χ3v) is 10.6. The molecule has 0 bridgehead atoms. The average Bonchev–Trinajstić information content (AvgIpc) is 3.59. The highest BCUT2D eigenvalue weighted by Gasteiger charge is 2.31. The van der Waals surface area contributed by atoms with Crippen LogP contribution in [0.1, 0.15) is 0 Å². The van der Waals surface area contributed by atoms with Crippen molar-refractivity contribution < 1.29 is 0 Å². The largest absolute Gasteiger partial charge is 0.308 e. The highest BCUT2D eigenvalue weighted by atomic mass is 32.1. The minimum absolute atomic E-state index is 1.10. The maximum atomic E-state index is 2.49. The smallest absolute Gasteiger partial charge is 0.111 e. The van der Waals surface area contributed by atoms with Gasteiger partial charge in [-0.2, -0.15) is 0 Å². The van der Waals surface area contributed by atoms with Crippen LogP contribution >= 0.6 is 11.3 Å². The first kappa shape index (κ1) is 30.6. The lowest BCUT2D eigenvalue weighted by atomic mass is 9.99. The topological polar surface area (TPSA) is 6.48 Å². The van der Waals surface area contributed by atoms with Gasteiger partial charge in [-0.15, -0.1) is 11.3 Å². The van der Waals surface area contributed by atoms with Crippen LogP contribution in [0.4, 0.5) is 33.4 Å². The van der Waals surface area contributed by atoms with Crippen molar-refractivity contribution in [1.82, 2.24) is 0 Å². The van der Waals surface area contributed by atoms with E-state index >= 15 is 0 Å². The van der Waals surface area contributed by atoms with Crippen molar-refractivity contribution >= 4 is 66.3 Å². The molecule has 0 unspecified atom stereocenters. The van der Waals surface area contributed by atoms with E-state index in [0.717, 1.165) is 39.0 Å². The van der Waals surface area contributed by atoms with Crippen LogP contribution in [0.25, 0.3) is 43.1 Å². The van der Waals surface area contributed by atoms with E-state index < -0.39 is 0 Å². The Morgan fingerprint density at radius 3 is 1.29 bits per heavy atom. The van der Waals surface area contributed by atoms with Gasteiger partial charge in [-0.1, -0.05) is 170 Å². The van der Waals surface area contributed by atoms with Gasteiger partial charge in [0, 0.05) is 27.7 Å². The van der Waals surface area contributed by atoms with E-state index in [1.165, 1.54) is 37.5 Å². The molecule has 0 saturated heterocycles. The molecular formula is C48H34N2S. The van der Waals surface area contributed by atoms with Crippen molar-refractivity contribution in [2.75, 3.05) is 9.80 Å². The molecule has 1 heterocycles. The van der Waals surface area contributed by atoms with E-state index in [4.69, 9.17) is 0 Å². The number of benzene rings is 8. The van der Waals surface area contributed by atoms with Crippen molar-refractivity contribution in [2.45, 2.75) is 0 Å². The molecule has 0 aliphatic heterocycles. The summed E-state index contributed by atoms with van der Waals surface area (Å²) in [6.45, 7) is 0. The molecule has 0 aliphatic rings. The maximum absolute atomic E-state index is 2.49. The van der Waals surface area contributed by atoms with Crippen molar-refractivity contribution in [3.05, 3.63) is 206 Å². The Labute approximate surface area is 302 Å². The third kappa shape index (κ3) is 5.64. The normalized spacial score (nSPS) is 11.1. The summed E-state index contributed by atoms with van der Waals surface area (Å²) in [5.74, 6) is 0. The minimum atomic E-state index is 1.10. The zero-order valence-corrected chi connectivity index (χ0v) is 28.7. The van der Waals surface area contributed by atoms with Crippen LogP contribution in [-0.4, -0.2) is 0 Å². The second-order valence-corrected chi connectivity index (χ2v) is 13.5. The van der Waals surface area contributed by atoms with E-state index in [9.17, 15) is 0 Å². The lowest BCUT2D eigenvalue weighted by Crippen LogP contribution is -2.13. The molecule has 0 saturated carbocycles. The van der Waals surface area contributed by atoms with Gasteiger partial charge < -0.3 is 9.80 Å². The van der Waals surface area contributed by atoms with Gasteiger partial charge >= 0.3 is 0 Å². The summed E-state index contributed by atoms with van der Waals surface area (Å²) >= 11 is 1.85. The van der Waals surface area contributed by atoms with Crippen molar-refractivity contribution in [3.63, 3.8) is 0 Å². The van der Waals surface area contributed by atoms with E-state index in [1.54, 1.807) is 0 Å². The summed E-state index contributed by atoms with van der Waals surface area (Å²) in [7, 11) is 0. The number of para-hydroxylation sites is 2. The monoisotopic (exact) mass is 670 g/mol. The molecule has 0 amide bonds. The fourth-order valence-corrected chi connectivity index (χ4v) is 8.50. The Morgan fingerprint density at radius 1 is 0.333 bits per heavy atom. The lowest BCUT2D eigenvalue weighted by Gasteiger charge is -2.30. The number of rotatable bonds is 8. The predicted molar refractivity (Wildman–Crippen MR) is 220 cm³/mol. The molecule has 0 radical (unpaired) electrons. The summed E-state index contributed by atoms with van der Waals surface area (Å²) in [4.78, 5) is 6.15. The molecule has 1 aromatic heterocycles. The lowest BCUT2D eigenvalue weighted by molar-refractivity contribution is 1.30. The van der Waals surface area contributed by atoms with Crippen LogP contribution < -0.4 is 9.80 Å². The average molecular weight is 671 g/mol. The molecule has 2 nitrogen and oxygen atoms in total. The van der Waals surface area contributed by atoms with Gasteiger partial charge in [-0.25, -0.2) is 0 Å². The predicted octanol–water partition coefficient (Wildman–Crippen LogP) is 14.3. The first-order valence-electron chi connectivity index (χ1n) is 17.3. The summed E-state index contributed by atoms with van der Waals surface area (Å²) < 4.78 is 0. The van der Waals surface area contributed by atoms with Crippen LogP contribution in [-0.2, 0) is 0 Å². The molecule has 242 valence electrons. The van der Waals surface area contributed by atoms with Gasteiger partial charge in [0.2, 0.25) is 0 Å². The SMILES string of the molecule is c1ccc(-c2sc(N(c3ccccc3)c3cccc4ccccc34)c(-c3ccccc3)c2N(c2ccccc2)c2cccc3ccccc23)cc1. The number of anilines is 6. The Kier molecular flexibility index (Phi) is 8.09. The van der Waals surface area contributed by atoms with E-state index in [0.29, 0.717) is 0 Å². The van der Waals surface area contributed by atoms with Gasteiger partial charge in [0.05, 0.1) is 21.9 Å². The molecule has 9 rings (SSSR count). The highest BCUT2D eigenvalue weighted by Crippen LogP contribution is 2.59. The number of fused-ring (bicyclic) bond motifs is 2. The fourth-order valence-electron chi connectivity index (χ4n) is 7.15. The summed E-state index contributed by atoms with van der Waals surface area (Å²) in [6.07, 6.45) is 0. The fraction of sp³-hybridized carbons (Fsp3) is 0. The van der Waals surface area contributed by atoms with Gasteiger partial charge in [-0.05, 0) is 58.3 Å². The van der Waals surface area contributed by atoms with Crippen molar-refractivity contribution in [1.29, 1.82) is 0 Å². The molecule has 8 aromatic carbocycles. The van der Waals surface area contributed by atoms with E-state index in [2.05, 4.69) is 216 Å². The van der Waals surface area contributed by atoms with E-state index in [-0.39, 0.29) is 0 Å². The summed E-state index contributed by atoms with van der Waals surface area (Å²) in [6, 6.07) is 74.1. The minimum Gasteiger partial charge on any atom is -0.308 e. The zero-order chi connectivity index (χ0) is 34.0. The Bertz CT molecular complexity index is 2570. The van der Waals surface area contributed by atoms with Crippen molar-refractivity contribution in [2.24, 2.45) is 0 Å².